The zero-order valence-corrected chi connectivity index (χ0v) is 12.7. The number of benzene rings is 2. The number of thioether (sulfide) groups is 1. The molecular weight excluding hydrogens is 343 g/mol. The molecule has 0 fully saturated rings. The summed E-state index contributed by atoms with van der Waals surface area (Å²) >= 11 is 1.07. The molecule has 2 aromatic carbocycles. The molecule has 0 spiro atoms. The fraction of sp³-hybridized carbons (Fsp3) is 0.125. The fourth-order valence-electron chi connectivity index (χ4n) is 2.22. The van der Waals surface area contributed by atoms with E-state index in [1.807, 2.05) is 0 Å². The molecule has 0 saturated carbocycles. The molecule has 0 atom stereocenters. The van der Waals surface area contributed by atoms with Crippen molar-refractivity contribution in [1.82, 2.24) is 0 Å². The number of hydrogen-bond donors (Lipinski definition) is 0. The van der Waals surface area contributed by atoms with Gasteiger partial charge < -0.3 is 9.47 Å². The number of halogens is 3. The lowest BCUT2D eigenvalue weighted by atomic mass is 10.1. The summed E-state index contributed by atoms with van der Waals surface area (Å²) in [6.07, 6.45) is 0. The summed E-state index contributed by atoms with van der Waals surface area (Å²) in [5, 5.41) is 8.85. The van der Waals surface area contributed by atoms with E-state index in [4.69, 9.17) is 10.00 Å². The van der Waals surface area contributed by atoms with E-state index in [2.05, 4.69) is 4.74 Å². The van der Waals surface area contributed by atoms with Crippen LogP contribution in [0.3, 0.4) is 0 Å². The van der Waals surface area contributed by atoms with E-state index in [-0.39, 0.29) is 44.8 Å². The lowest BCUT2D eigenvalue weighted by Gasteiger charge is -2.15. The highest BCUT2D eigenvalue weighted by Crippen LogP contribution is 2.46. The van der Waals surface area contributed by atoms with Crippen LogP contribution in [0.4, 0.5) is 13.2 Å². The van der Waals surface area contributed by atoms with Crippen LogP contribution in [0.1, 0.15) is 15.9 Å². The van der Waals surface area contributed by atoms with Gasteiger partial charge in [-0.05, 0) is 24.3 Å². The van der Waals surface area contributed by atoms with Gasteiger partial charge in [0.15, 0.2) is 17.3 Å². The number of carbonyl (C=O) groups excluding carboxylic acids is 1. The first kappa shape index (κ1) is 16.2. The third-order valence-corrected chi connectivity index (χ3v) is 4.26. The van der Waals surface area contributed by atoms with Gasteiger partial charge in [-0.3, -0.25) is 4.79 Å². The quantitative estimate of drug-likeness (QED) is 0.818. The second kappa shape index (κ2) is 6.45. The Hall–Kier alpha value is -2.66. The van der Waals surface area contributed by atoms with Crippen LogP contribution in [-0.2, 0) is 0 Å². The fourth-order valence-corrected chi connectivity index (χ4v) is 3.27. The molecule has 24 heavy (non-hydrogen) atoms. The minimum absolute atomic E-state index is 0.0204. The highest BCUT2D eigenvalue weighted by atomic mass is 32.2. The molecule has 3 rings (SSSR count). The Bertz CT molecular complexity index is 864. The van der Waals surface area contributed by atoms with Crippen LogP contribution in [0.25, 0.3) is 0 Å². The molecule has 0 aliphatic carbocycles. The molecule has 0 bridgehead atoms. The number of rotatable bonds is 4. The number of ketones is 1. The zero-order valence-electron chi connectivity index (χ0n) is 11.9. The molecule has 4 nitrogen and oxygen atoms in total. The van der Waals surface area contributed by atoms with Gasteiger partial charge in [0.05, 0.1) is 22.3 Å². The summed E-state index contributed by atoms with van der Waals surface area (Å²) in [5.74, 6) is -1.19. The van der Waals surface area contributed by atoms with Crippen molar-refractivity contribution in [2.24, 2.45) is 0 Å². The minimum Gasteiger partial charge on any atom is -0.453 e. The Morgan fingerprint density at radius 1 is 1.25 bits per heavy atom. The number of Topliss-reactive ketones (excluding diaryl/α,β-unsaturated/α-hetero) is 1. The molecule has 0 radical (unpaired) electrons. The monoisotopic (exact) mass is 351 g/mol. The second-order valence-corrected chi connectivity index (χ2v) is 5.73. The van der Waals surface area contributed by atoms with Crippen molar-refractivity contribution in [3.05, 3.63) is 47.3 Å². The average molecular weight is 351 g/mol. The van der Waals surface area contributed by atoms with Gasteiger partial charge in [0.1, 0.15) is 11.6 Å². The number of fused-ring (bicyclic) bond motifs is 1. The first-order valence-electron chi connectivity index (χ1n) is 6.64. The van der Waals surface area contributed by atoms with Gasteiger partial charge in [0.2, 0.25) is 0 Å². The maximum atomic E-state index is 13.5. The minimum atomic E-state index is -3.11. The lowest BCUT2D eigenvalue weighted by molar-refractivity contribution is -0.0529. The third kappa shape index (κ3) is 3.16. The first-order chi connectivity index (χ1) is 11.5. The molecule has 0 N–H and O–H groups in total. The smallest absolute Gasteiger partial charge is 0.387 e. The normalized spacial score (nSPS) is 12.9. The van der Waals surface area contributed by atoms with E-state index in [1.54, 1.807) is 6.07 Å². The standard InChI is InChI=1S/C16H8F3NO3S/c17-9-3-8(6-20)4-10(5-9)22-13-2-1-11-12(21)7-24-15(11)14(13)23-16(18)19/h1-5,16H,7H2. The molecule has 122 valence electrons. The summed E-state index contributed by atoms with van der Waals surface area (Å²) < 4.78 is 48.8. The van der Waals surface area contributed by atoms with Crippen molar-refractivity contribution in [3.63, 3.8) is 0 Å². The lowest BCUT2D eigenvalue weighted by Crippen LogP contribution is -2.05. The highest BCUT2D eigenvalue weighted by molar-refractivity contribution is 8.00. The van der Waals surface area contributed by atoms with Crippen LogP contribution in [0, 0.1) is 17.1 Å². The van der Waals surface area contributed by atoms with Gasteiger partial charge in [0, 0.05) is 11.6 Å². The predicted molar refractivity (Wildman–Crippen MR) is 79.3 cm³/mol. The van der Waals surface area contributed by atoms with Gasteiger partial charge in [0.25, 0.3) is 0 Å². The summed E-state index contributed by atoms with van der Waals surface area (Å²) in [6, 6.07) is 7.80. The van der Waals surface area contributed by atoms with Crippen LogP contribution in [0.15, 0.2) is 35.2 Å². The van der Waals surface area contributed by atoms with Crippen molar-refractivity contribution in [1.29, 1.82) is 5.26 Å². The van der Waals surface area contributed by atoms with Gasteiger partial charge in [-0.15, -0.1) is 11.8 Å². The van der Waals surface area contributed by atoms with Gasteiger partial charge in [-0.25, -0.2) is 4.39 Å². The van der Waals surface area contributed by atoms with Crippen molar-refractivity contribution < 1.29 is 27.4 Å². The van der Waals surface area contributed by atoms with Gasteiger partial charge in [-0.1, -0.05) is 0 Å². The summed E-state index contributed by atoms with van der Waals surface area (Å²) in [4.78, 5) is 12.0. The van der Waals surface area contributed by atoms with E-state index in [0.717, 1.165) is 23.9 Å². The predicted octanol–water partition coefficient (Wildman–Crippen LogP) is 4.38. The van der Waals surface area contributed by atoms with Crippen molar-refractivity contribution in [2.45, 2.75) is 11.5 Å². The maximum absolute atomic E-state index is 13.5. The van der Waals surface area contributed by atoms with Crippen molar-refractivity contribution in [2.75, 3.05) is 5.75 Å². The van der Waals surface area contributed by atoms with Gasteiger partial charge in [-0.2, -0.15) is 14.0 Å². The number of carbonyl (C=O) groups is 1. The highest BCUT2D eigenvalue weighted by Gasteiger charge is 2.28. The summed E-state index contributed by atoms with van der Waals surface area (Å²) in [5.41, 5.74) is 0.298. The average Bonchev–Trinajstić information content (AvgIpc) is 2.90. The van der Waals surface area contributed by atoms with Crippen molar-refractivity contribution >= 4 is 17.5 Å². The Morgan fingerprint density at radius 2 is 2.04 bits per heavy atom. The van der Waals surface area contributed by atoms with Crippen LogP contribution >= 0.6 is 11.8 Å². The van der Waals surface area contributed by atoms with E-state index in [1.165, 1.54) is 18.2 Å². The molecule has 1 heterocycles. The number of nitrogens with zero attached hydrogens (tertiary/aromatic N) is 1. The van der Waals surface area contributed by atoms with E-state index in [0.29, 0.717) is 0 Å². The molecule has 0 amide bonds. The molecule has 2 aromatic rings. The molecule has 0 unspecified atom stereocenters. The molecule has 0 saturated heterocycles. The second-order valence-electron chi connectivity index (χ2n) is 4.75. The third-order valence-electron chi connectivity index (χ3n) is 3.16. The van der Waals surface area contributed by atoms with Crippen LogP contribution in [-0.4, -0.2) is 18.1 Å². The Kier molecular flexibility index (Phi) is 4.36. The Morgan fingerprint density at radius 3 is 2.75 bits per heavy atom. The summed E-state index contributed by atoms with van der Waals surface area (Å²) in [7, 11) is 0. The maximum Gasteiger partial charge on any atom is 0.387 e. The summed E-state index contributed by atoms with van der Waals surface area (Å²) in [6.45, 7) is -3.11. The van der Waals surface area contributed by atoms with Crippen LogP contribution in [0.2, 0.25) is 0 Å². The number of alkyl halides is 2. The van der Waals surface area contributed by atoms with Crippen LogP contribution in [0.5, 0.6) is 17.2 Å². The SMILES string of the molecule is N#Cc1cc(F)cc(Oc2ccc3c(c2OC(F)F)SCC3=O)c1. The van der Waals surface area contributed by atoms with E-state index in [9.17, 15) is 18.0 Å². The first-order valence-corrected chi connectivity index (χ1v) is 7.63. The topological polar surface area (TPSA) is 59.3 Å². The Balaban J connectivity index is 2.04. The zero-order chi connectivity index (χ0) is 17.3. The molecule has 1 aliphatic rings. The number of ether oxygens (including phenoxy) is 2. The number of hydrogen-bond acceptors (Lipinski definition) is 5. The largest absolute Gasteiger partial charge is 0.453 e. The van der Waals surface area contributed by atoms with Crippen LogP contribution < -0.4 is 9.47 Å². The molecule has 1 aliphatic heterocycles. The van der Waals surface area contributed by atoms with E-state index >= 15 is 0 Å². The number of nitriles is 1. The Labute approximate surface area is 138 Å². The van der Waals surface area contributed by atoms with Gasteiger partial charge >= 0.3 is 6.61 Å². The van der Waals surface area contributed by atoms with Crippen molar-refractivity contribution in [3.8, 4) is 23.3 Å². The molecular formula is C16H8F3NO3S. The van der Waals surface area contributed by atoms with E-state index < -0.39 is 12.4 Å². The molecule has 8 heteroatoms. The molecule has 0 aromatic heterocycles.